The minimum atomic E-state index is 0.471. The second-order valence-corrected chi connectivity index (χ2v) is 7.91. The molecule has 148 valence electrons. The molecule has 8 heteroatoms. The minimum absolute atomic E-state index is 0.471. The third-order valence-electron chi connectivity index (χ3n) is 5.30. The van der Waals surface area contributed by atoms with E-state index in [-0.39, 0.29) is 0 Å². The van der Waals surface area contributed by atoms with Crippen LogP contribution in [0.5, 0.6) is 5.88 Å². The quantitative estimate of drug-likeness (QED) is 0.577. The Hall–Kier alpha value is -2.35. The van der Waals surface area contributed by atoms with Gasteiger partial charge in [0.2, 0.25) is 11.8 Å². The van der Waals surface area contributed by atoms with Gasteiger partial charge in [-0.25, -0.2) is 4.98 Å². The van der Waals surface area contributed by atoms with E-state index < -0.39 is 0 Å². The maximum atomic E-state index is 5.29. The molecule has 1 aliphatic carbocycles. The maximum Gasteiger partial charge on any atom is 0.232 e. The van der Waals surface area contributed by atoms with Gasteiger partial charge in [-0.05, 0) is 27.9 Å². The number of benzene rings is 1. The van der Waals surface area contributed by atoms with E-state index in [4.69, 9.17) is 4.74 Å². The van der Waals surface area contributed by atoms with Crippen LogP contribution in [0.3, 0.4) is 0 Å². The summed E-state index contributed by atoms with van der Waals surface area (Å²) in [5, 5.41) is 3.64. The molecule has 1 saturated heterocycles. The Kier molecular flexibility index (Phi) is 5.66. The van der Waals surface area contributed by atoms with E-state index in [1.807, 2.05) is 7.05 Å². The van der Waals surface area contributed by atoms with Crippen LogP contribution in [0.4, 0.5) is 5.95 Å². The molecule has 1 aliphatic heterocycles. The number of hydrogen-bond donors (Lipinski definition) is 1. The number of anilines is 1. The fourth-order valence-electron chi connectivity index (χ4n) is 3.64. The first-order valence-electron chi connectivity index (χ1n) is 9.54. The molecule has 2 fully saturated rings. The molecule has 0 radical (unpaired) electrons. The fourth-order valence-corrected chi connectivity index (χ4v) is 4.00. The number of rotatable bonds is 4. The Morgan fingerprint density at radius 2 is 1.96 bits per heavy atom. The number of ether oxygens (including phenoxy) is 1. The summed E-state index contributed by atoms with van der Waals surface area (Å²) in [7, 11) is 3.47. The Bertz CT molecular complexity index is 838. The molecule has 2 unspecified atom stereocenters. The first kappa shape index (κ1) is 19.0. The average Bonchev–Trinajstić information content (AvgIpc) is 3.52. The second kappa shape index (κ2) is 8.34. The van der Waals surface area contributed by atoms with Crippen LogP contribution in [-0.4, -0.2) is 67.2 Å². The zero-order chi connectivity index (χ0) is 19.5. The molecule has 1 saturated carbocycles. The van der Waals surface area contributed by atoms with Crippen molar-refractivity contribution in [2.24, 2.45) is 4.99 Å². The van der Waals surface area contributed by atoms with Crippen molar-refractivity contribution in [2.45, 2.75) is 18.4 Å². The van der Waals surface area contributed by atoms with Gasteiger partial charge < -0.3 is 19.9 Å². The summed E-state index contributed by atoms with van der Waals surface area (Å²) < 4.78 is 6.05. The van der Waals surface area contributed by atoms with Gasteiger partial charge in [0.1, 0.15) is 0 Å². The lowest BCUT2D eigenvalue weighted by atomic mass is 10.1. The van der Waals surface area contributed by atoms with Gasteiger partial charge in [-0.3, -0.25) is 4.99 Å². The van der Waals surface area contributed by atoms with Crippen molar-refractivity contribution in [1.82, 2.24) is 20.2 Å². The summed E-state index contributed by atoms with van der Waals surface area (Å²) in [5.74, 6) is 2.83. The Balaban J connectivity index is 1.33. The summed E-state index contributed by atoms with van der Waals surface area (Å²) in [6, 6.07) is 11.2. The summed E-state index contributed by atoms with van der Waals surface area (Å²) >= 11 is 3.40. The molecule has 2 aliphatic rings. The monoisotopic (exact) mass is 444 g/mol. The van der Waals surface area contributed by atoms with Gasteiger partial charge in [0.25, 0.3) is 0 Å². The van der Waals surface area contributed by atoms with Crippen LogP contribution in [0.1, 0.15) is 17.9 Å². The molecule has 7 nitrogen and oxygen atoms in total. The van der Waals surface area contributed by atoms with E-state index in [1.165, 1.54) is 5.56 Å². The number of halogens is 1. The average molecular weight is 445 g/mol. The number of aromatic nitrogens is 2. The standard InChI is InChI=1S/C20H25BrN6O/c1-22-19(24-17-12-15(17)14-6-4-3-5-7-14)26-8-10-27(11-9-26)20-23-13-16(21)18(25-20)28-2/h3-7,13,15,17H,8-12H2,1-2H3,(H,22,24). The number of guanidine groups is 1. The van der Waals surface area contributed by atoms with Gasteiger partial charge in [0.05, 0.1) is 17.8 Å². The SMILES string of the molecule is CN=C(NC1CC1c1ccccc1)N1CCN(c2ncc(Br)c(OC)n2)CC1. The van der Waals surface area contributed by atoms with Gasteiger partial charge in [0.15, 0.2) is 5.96 Å². The lowest BCUT2D eigenvalue weighted by Gasteiger charge is -2.36. The first-order chi connectivity index (χ1) is 13.7. The zero-order valence-electron chi connectivity index (χ0n) is 16.2. The highest BCUT2D eigenvalue weighted by Gasteiger charge is 2.39. The second-order valence-electron chi connectivity index (χ2n) is 7.05. The number of piperazine rings is 1. The minimum Gasteiger partial charge on any atom is -0.480 e. The first-order valence-corrected chi connectivity index (χ1v) is 10.3. The molecule has 1 aromatic carbocycles. The van der Waals surface area contributed by atoms with E-state index in [1.54, 1.807) is 13.3 Å². The van der Waals surface area contributed by atoms with Gasteiger partial charge in [0, 0.05) is 45.2 Å². The maximum absolute atomic E-state index is 5.29. The van der Waals surface area contributed by atoms with Crippen molar-refractivity contribution in [3.63, 3.8) is 0 Å². The number of nitrogens with one attached hydrogen (secondary N) is 1. The van der Waals surface area contributed by atoms with E-state index in [9.17, 15) is 0 Å². The van der Waals surface area contributed by atoms with E-state index in [2.05, 4.69) is 76.3 Å². The predicted octanol–water partition coefficient (Wildman–Crippen LogP) is 2.50. The zero-order valence-corrected chi connectivity index (χ0v) is 17.8. The normalized spacial score (nSPS) is 22.2. The molecule has 28 heavy (non-hydrogen) atoms. The Morgan fingerprint density at radius 3 is 2.64 bits per heavy atom. The number of nitrogens with zero attached hydrogens (tertiary/aromatic N) is 5. The molecule has 1 N–H and O–H groups in total. The van der Waals surface area contributed by atoms with Crippen LogP contribution in [0.25, 0.3) is 0 Å². The third-order valence-corrected chi connectivity index (χ3v) is 5.84. The predicted molar refractivity (Wildman–Crippen MR) is 114 cm³/mol. The molecular weight excluding hydrogens is 420 g/mol. The van der Waals surface area contributed by atoms with Crippen LogP contribution < -0.4 is 15.0 Å². The number of aliphatic imine (C=N–C) groups is 1. The van der Waals surface area contributed by atoms with Gasteiger partial charge in [-0.2, -0.15) is 4.98 Å². The topological polar surface area (TPSA) is 65.9 Å². The Labute approximate surface area is 174 Å². The molecule has 0 amide bonds. The molecule has 4 rings (SSSR count). The molecule has 2 heterocycles. The van der Waals surface area contributed by atoms with Gasteiger partial charge in [-0.1, -0.05) is 30.3 Å². The van der Waals surface area contributed by atoms with E-state index >= 15 is 0 Å². The van der Waals surface area contributed by atoms with Crippen LogP contribution in [0, 0.1) is 0 Å². The number of hydrogen-bond acceptors (Lipinski definition) is 5. The van der Waals surface area contributed by atoms with Crippen LogP contribution in [-0.2, 0) is 0 Å². The van der Waals surface area contributed by atoms with Crippen molar-refractivity contribution >= 4 is 27.8 Å². The molecule has 0 bridgehead atoms. The highest BCUT2D eigenvalue weighted by atomic mass is 79.9. The molecule has 2 atom stereocenters. The summed E-state index contributed by atoms with van der Waals surface area (Å²) in [6.07, 6.45) is 2.90. The highest BCUT2D eigenvalue weighted by molar-refractivity contribution is 9.10. The van der Waals surface area contributed by atoms with E-state index in [0.717, 1.165) is 43.0 Å². The lowest BCUT2D eigenvalue weighted by molar-refractivity contribution is 0.365. The number of methoxy groups -OCH3 is 1. The van der Waals surface area contributed by atoms with Gasteiger partial charge >= 0.3 is 0 Å². The van der Waals surface area contributed by atoms with Crippen LogP contribution >= 0.6 is 15.9 Å². The van der Waals surface area contributed by atoms with Crippen LogP contribution in [0.15, 0.2) is 46.0 Å². The van der Waals surface area contributed by atoms with Crippen molar-refractivity contribution in [3.05, 3.63) is 46.6 Å². The van der Waals surface area contributed by atoms with E-state index in [0.29, 0.717) is 23.8 Å². The van der Waals surface area contributed by atoms with Crippen molar-refractivity contribution in [1.29, 1.82) is 0 Å². The Morgan fingerprint density at radius 1 is 1.21 bits per heavy atom. The highest BCUT2D eigenvalue weighted by Crippen LogP contribution is 2.40. The lowest BCUT2D eigenvalue weighted by Crippen LogP contribution is -2.53. The smallest absolute Gasteiger partial charge is 0.232 e. The summed E-state index contributed by atoms with van der Waals surface area (Å²) in [5.41, 5.74) is 1.40. The van der Waals surface area contributed by atoms with Crippen molar-refractivity contribution in [2.75, 3.05) is 45.2 Å². The fraction of sp³-hybridized carbons (Fsp3) is 0.450. The largest absolute Gasteiger partial charge is 0.480 e. The molecular formula is C20H25BrN6O. The van der Waals surface area contributed by atoms with Gasteiger partial charge in [-0.15, -0.1) is 0 Å². The van der Waals surface area contributed by atoms with Crippen molar-refractivity contribution in [3.8, 4) is 5.88 Å². The third kappa shape index (κ3) is 4.06. The summed E-state index contributed by atoms with van der Waals surface area (Å²) in [4.78, 5) is 17.9. The van der Waals surface area contributed by atoms with Crippen molar-refractivity contribution < 1.29 is 4.74 Å². The van der Waals surface area contributed by atoms with Crippen LogP contribution in [0.2, 0.25) is 0 Å². The summed E-state index contributed by atoms with van der Waals surface area (Å²) in [6.45, 7) is 3.45. The molecule has 0 spiro atoms. The molecule has 1 aromatic heterocycles. The molecule has 2 aromatic rings.